The standard InChI is InChI=1S/C11H14FNO/c1-14-10-6-2-4-8(11(10)12)9-5-3-7-13-9/h2,4,6,9,13H,3,5,7H2,1H3/t9-/m1/s1. The zero-order valence-corrected chi connectivity index (χ0v) is 8.22. The van der Waals surface area contributed by atoms with Gasteiger partial charge >= 0.3 is 0 Å². The lowest BCUT2D eigenvalue weighted by molar-refractivity contribution is 0.381. The molecule has 0 unspecified atom stereocenters. The van der Waals surface area contributed by atoms with Crippen molar-refractivity contribution in [3.63, 3.8) is 0 Å². The molecule has 1 atom stereocenters. The lowest BCUT2D eigenvalue weighted by Gasteiger charge is -2.13. The molecule has 0 radical (unpaired) electrons. The molecule has 2 rings (SSSR count). The highest BCUT2D eigenvalue weighted by Crippen LogP contribution is 2.29. The Hall–Kier alpha value is -1.09. The van der Waals surface area contributed by atoms with Crippen LogP contribution in [0.5, 0.6) is 5.75 Å². The Morgan fingerprint density at radius 1 is 1.50 bits per heavy atom. The molecule has 1 N–H and O–H groups in total. The van der Waals surface area contributed by atoms with Crippen molar-refractivity contribution in [2.75, 3.05) is 13.7 Å². The van der Waals surface area contributed by atoms with Crippen LogP contribution in [0.4, 0.5) is 4.39 Å². The van der Waals surface area contributed by atoms with Gasteiger partial charge in [-0.25, -0.2) is 4.39 Å². The molecular formula is C11H14FNO. The van der Waals surface area contributed by atoms with Crippen molar-refractivity contribution in [2.24, 2.45) is 0 Å². The number of hydrogen-bond donors (Lipinski definition) is 1. The fourth-order valence-corrected chi connectivity index (χ4v) is 1.90. The van der Waals surface area contributed by atoms with Crippen molar-refractivity contribution < 1.29 is 9.13 Å². The van der Waals surface area contributed by atoms with Gasteiger partial charge in [-0.1, -0.05) is 12.1 Å². The quantitative estimate of drug-likeness (QED) is 0.781. The van der Waals surface area contributed by atoms with E-state index in [1.807, 2.05) is 12.1 Å². The maximum absolute atomic E-state index is 13.8. The first-order chi connectivity index (χ1) is 6.83. The molecule has 0 spiro atoms. The summed E-state index contributed by atoms with van der Waals surface area (Å²) in [5.41, 5.74) is 0.724. The molecule has 1 saturated heterocycles. The molecule has 1 aromatic rings. The van der Waals surface area contributed by atoms with E-state index in [4.69, 9.17) is 4.74 Å². The van der Waals surface area contributed by atoms with Gasteiger partial charge in [0.15, 0.2) is 11.6 Å². The molecule has 76 valence electrons. The molecule has 0 amide bonds. The number of rotatable bonds is 2. The normalized spacial score (nSPS) is 21.1. The van der Waals surface area contributed by atoms with Gasteiger partial charge in [-0.2, -0.15) is 0 Å². The molecule has 0 saturated carbocycles. The summed E-state index contributed by atoms with van der Waals surface area (Å²) in [5, 5.41) is 3.27. The second-order valence-corrected chi connectivity index (χ2v) is 3.51. The summed E-state index contributed by atoms with van der Waals surface area (Å²) in [5.74, 6) is 0.102. The highest BCUT2D eigenvalue weighted by Gasteiger charge is 2.20. The maximum Gasteiger partial charge on any atom is 0.169 e. The van der Waals surface area contributed by atoms with E-state index in [9.17, 15) is 4.39 Å². The Labute approximate surface area is 83.1 Å². The minimum absolute atomic E-state index is 0.157. The third kappa shape index (κ3) is 1.60. The molecule has 0 aliphatic carbocycles. The second-order valence-electron chi connectivity index (χ2n) is 3.51. The van der Waals surface area contributed by atoms with Crippen LogP contribution in [-0.4, -0.2) is 13.7 Å². The Morgan fingerprint density at radius 3 is 3.00 bits per heavy atom. The molecule has 1 aromatic carbocycles. The summed E-state index contributed by atoms with van der Waals surface area (Å²) in [4.78, 5) is 0. The number of ether oxygens (including phenoxy) is 1. The van der Waals surface area contributed by atoms with Crippen molar-refractivity contribution in [3.8, 4) is 5.75 Å². The van der Waals surface area contributed by atoms with Gasteiger partial charge in [0.25, 0.3) is 0 Å². The van der Waals surface area contributed by atoms with Gasteiger partial charge in [-0.3, -0.25) is 0 Å². The van der Waals surface area contributed by atoms with Crippen LogP contribution in [0, 0.1) is 5.82 Å². The largest absolute Gasteiger partial charge is 0.494 e. The van der Waals surface area contributed by atoms with Crippen molar-refractivity contribution in [1.29, 1.82) is 0 Å². The third-order valence-corrected chi connectivity index (χ3v) is 2.65. The SMILES string of the molecule is COc1cccc([C@H]2CCCN2)c1F. The van der Waals surface area contributed by atoms with Crippen LogP contribution in [-0.2, 0) is 0 Å². The summed E-state index contributed by atoms with van der Waals surface area (Å²) in [6.45, 7) is 0.974. The molecule has 14 heavy (non-hydrogen) atoms. The molecular weight excluding hydrogens is 181 g/mol. The van der Waals surface area contributed by atoms with E-state index in [-0.39, 0.29) is 11.9 Å². The second kappa shape index (κ2) is 3.96. The Morgan fingerprint density at radius 2 is 2.36 bits per heavy atom. The molecule has 1 heterocycles. The Bertz CT molecular complexity index is 321. The van der Waals surface area contributed by atoms with E-state index in [0.717, 1.165) is 24.9 Å². The average Bonchev–Trinajstić information content (AvgIpc) is 2.71. The lowest BCUT2D eigenvalue weighted by Crippen LogP contribution is -2.14. The predicted octanol–water partition coefficient (Wildman–Crippen LogP) is 2.26. The van der Waals surface area contributed by atoms with Gasteiger partial charge in [-0.15, -0.1) is 0 Å². The summed E-state index contributed by atoms with van der Waals surface area (Å²) < 4.78 is 18.7. The molecule has 2 nitrogen and oxygen atoms in total. The van der Waals surface area contributed by atoms with Crippen LogP contribution in [0.25, 0.3) is 0 Å². The number of hydrogen-bond acceptors (Lipinski definition) is 2. The Kier molecular flexibility index (Phi) is 2.68. The van der Waals surface area contributed by atoms with Crippen LogP contribution in [0.3, 0.4) is 0 Å². The van der Waals surface area contributed by atoms with Crippen LogP contribution in [0.2, 0.25) is 0 Å². The van der Waals surface area contributed by atoms with E-state index in [1.54, 1.807) is 6.07 Å². The fourth-order valence-electron chi connectivity index (χ4n) is 1.90. The zero-order valence-electron chi connectivity index (χ0n) is 8.22. The summed E-state index contributed by atoms with van der Waals surface area (Å²) in [7, 11) is 1.49. The van der Waals surface area contributed by atoms with Gasteiger partial charge in [0.05, 0.1) is 7.11 Å². The van der Waals surface area contributed by atoms with Crippen LogP contribution < -0.4 is 10.1 Å². The first kappa shape index (κ1) is 9.46. The first-order valence-corrected chi connectivity index (χ1v) is 4.88. The Balaban J connectivity index is 2.32. The van der Waals surface area contributed by atoms with Gasteiger partial charge < -0.3 is 10.1 Å². The highest BCUT2D eigenvalue weighted by molar-refractivity contribution is 5.33. The topological polar surface area (TPSA) is 21.3 Å². The van der Waals surface area contributed by atoms with Gasteiger partial charge in [0.2, 0.25) is 0 Å². The van der Waals surface area contributed by atoms with Gasteiger partial charge in [0.1, 0.15) is 0 Å². The minimum atomic E-state index is -0.227. The maximum atomic E-state index is 13.8. The molecule has 1 aliphatic heterocycles. The number of nitrogens with one attached hydrogen (secondary N) is 1. The van der Waals surface area contributed by atoms with Gasteiger partial charge in [0, 0.05) is 11.6 Å². The molecule has 0 bridgehead atoms. The molecule has 0 aromatic heterocycles. The average molecular weight is 195 g/mol. The number of benzene rings is 1. The number of halogens is 1. The first-order valence-electron chi connectivity index (χ1n) is 4.88. The zero-order chi connectivity index (χ0) is 9.97. The highest BCUT2D eigenvalue weighted by atomic mass is 19.1. The van der Waals surface area contributed by atoms with Crippen molar-refractivity contribution in [2.45, 2.75) is 18.9 Å². The summed E-state index contributed by atoms with van der Waals surface area (Å²) in [6.07, 6.45) is 2.12. The van der Waals surface area contributed by atoms with Crippen molar-refractivity contribution >= 4 is 0 Å². The van der Waals surface area contributed by atoms with Crippen molar-refractivity contribution in [3.05, 3.63) is 29.6 Å². The number of methoxy groups -OCH3 is 1. The monoisotopic (exact) mass is 195 g/mol. The van der Waals surface area contributed by atoms with Gasteiger partial charge in [-0.05, 0) is 25.5 Å². The summed E-state index contributed by atoms with van der Waals surface area (Å²) >= 11 is 0. The van der Waals surface area contributed by atoms with E-state index in [1.165, 1.54) is 7.11 Å². The predicted molar refractivity (Wildman–Crippen MR) is 52.9 cm³/mol. The van der Waals surface area contributed by atoms with Crippen LogP contribution >= 0.6 is 0 Å². The van der Waals surface area contributed by atoms with E-state index in [0.29, 0.717) is 5.75 Å². The van der Waals surface area contributed by atoms with Crippen molar-refractivity contribution in [1.82, 2.24) is 5.32 Å². The molecule has 1 fully saturated rings. The van der Waals surface area contributed by atoms with E-state index in [2.05, 4.69) is 5.32 Å². The van der Waals surface area contributed by atoms with E-state index < -0.39 is 0 Å². The smallest absolute Gasteiger partial charge is 0.169 e. The van der Waals surface area contributed by atoms with Crippen LogP contribution in [0.1, 0.15) is 24.4 Å². The summed E-state index contributed by atoms with van der Waals surface area (Å²) in [6, 6.07) is 5.45. The van der Waals surface area contributed by atoms with E-state index >= 15 is 0 Å². The minimum Gasteiger partial charge on any atom is -0.494 e. The third-order valence-electron chi connectivity index (χ3n) is 2.65. The van der Waals surface area contributed by atoms with Crippen LogP contribution in [0.15, 0.2) is 18.2 Å². The lowest BCUT2D eigenvalue weighted by atomic mass is 10.0. The fraction of sp³-hybridized carbons (Fsp3) is 0.455. The molecule has 3 heteroatoms. The molecule has 1 aliphatic rings.